The van der Waals surface area contributed by atoms with Crippen molar-refractivity contribution < 1.29 is 4.74 Å². The van der Waals surface area contributed by atoms with Gasteiger partial charge >= 0.3 is 6.01 Å². The smallest absolute Gasteiger partial charge is 0.323 e. The lowest BCUT2D eigenvalue weighted by Gasteiger charge is -2.16. The Kier molecular flexibility index (Phi) is 5.61. The third-order valence-corrected chi connectivity index (χ3v) is 2.50. The van der Waals surface area contributed by atoms with Crippen LogP contribution in [-0.4, -0.2) is 34.1 Å². The van der Waals surface area contributed by atoms with E-state index in [9.17, 15) is 0 Å². The van der Waals surface area contributed by atoms with Crippen molar-refractivity contribution in [3.05, 3.63) is 0 Å². The summed E-state index contributed by atoms with van der Waals surface area (Å²) in [5.74, 6) is 1.06. The van der Waals surface area contributed by atoms with Crippen LogP contribution in [0.25, 0.3) is 0 Å². The largest absolute Gasteiger partial charge is 0.461 e. The van der Waals surface area contributed by atoms with Crippen LogP contribution >= 0.6 is 0 Å². The monoisotopic (exact) mass is 253 g/mol. The molecule has 0 radical (unpaired) electrons. The lowest BCUT2D eigenvalue weighted by molar-refractivity contribution is 0.222. The van der Waals surface area contributed by atoms with Crippen molar-refractivity contribution in [1.82, 2.24) is 15.0 Å². The predicted molar refractivity (Wildman–Crippen MR) is 73.1 cm³/mol. The first-order valence-electron chi connectivity index (χ1n) is 6.46. The molecule has 0 bridgehead atoms. The second-order valence-corrected chi connectivity index (χ2v) is 4.34. The maximum Gasteiger partial charge on any atom is 0.323 e. The molecule has 0 aliphatic carbocycles. The van der Waals surface area contributed by atoms with E-state index in [1.54, 1.807) is 7.05 Å². The van der Waals surface area contributed by atoms with Crippen LogP contribution in [0, 0.1) is 0 Å². The number of hydrogen-bond acceptors (Lipinski definition) is 6. The summed E-state index contributed by atoms with van der Waals surface area (Å²) in [4.78, 5) is 12.7. The van der Waals surface area contributed by atoms with Gasteiger partial charge in [0.2, 0.25) is 11.9 Å². The number of nitrogens with one attached hydrogen (secondary N) is 2. The molecule has 6 nitrogen and oxygen atoms in total. The molecule has 0 saturated carbocycles. The Hall–Kier alpha value is -1.59. The number of hydrogen-bond donors (Lipinski definition) is 2. The fourth-order valence-corrected chi connectivity index (χ4v) is 1.47. The number of anilines is 2. The van der Waals surface area contributed by atoms with Crippen LogP contribution in [-0.2, 0) is 0 Å². The Morgan fingerprint density at radius 3 is 2.17 bits per heavy atom. The third-order valence-electron chi connectivity index (χ3n) is 2.50. The number of nitrogens with zero attached hydrogens (tertiary/aromatic N) is 3. The zero-order valence-electron chi connectivity index (χ0n) is 11.8. The Morgan fingerprint density at radius 2 is 1.67 bits per heavy atom. The van der Waals surface area contributed by atoms with Crippen molar-refractivity contribution in [2.45, 2.75) is 52.7 Å². The Bertz CT molecular complexity index is 365. The fraction of sp³-hybridized carbons (Fsp3) is 0.750. The highest BCUT2D eigenvalue weighted by Crippen LogP contribution is 2.14. The van der Waals surface area contributed by atoms with Gasteiger partial charge in [0, 0.05) is 13.1 Å². The van der Waals surface area contributed by atoms with Crippen LogP contribution in [0.4, 0.5) is 11.9 Å². The van der Waals surface area contributed by atoms with Gasteiger partial charge in [-0.15, -0.1) is 0 Å². The van der Waals surface area contributed by atoms with E-state index < -0.39 is 0 Å². The normalized spacial score (nSPS) is 10.8. The highest BCUT2D eigenvalue weighted by molar-refractivity contribution is 5.36. The molecule has 102 valence electrons. The highest BCUT2D eigenvalue weighted by Gasteiger charge is 2.10. The van der Waals surface area contributed by atoms with Crippen molar-refractivity contribution in [2.75, 3.05) is 17.7 Å². The van der Waals surface area contributed by atoms with Crippen LogP contribution in [0.1, 0.15) is 40.5 Å². The Labute approximate surface area is 109 Å². The van der Waals surface area contributed by atoms with Crippen molar-refractivity contribution in [3.8, 4) is 6.01 Å². The molecule has 0 aromatic carbocycles. The topological polar surface area (TPSA) is 72.0 Å². The predicted octanol–water partition coefficient (Wildman–Crippen LogP) is 2.30. The van der Waals surface area contributed by atoms with Crippen LogP contribution < -0.4 is 15.4 Å². The fourth-order valence-electron chi connectivity index (χ4n) is 1.47. The average molecular weight is 253 g/mol. The van der Waals surface area contributed by atoms with Crippen molar-refractivity contribution in [1.29, 1.82) is 0 Å². The standard InChI is InChI=1S/C12H23N5O/c1-6-9(7-2)14-11-15-10(13-5)16-12(17-11)18-8(3)4/h8-9H,6-7H2,1-5H3,(H2,13,14,15,16,17). The minimum absolute atomic E-state index is 0.0399. The number of rotatable bonds is 7. The second-order valence-electron chi connectivity index (χ2n) is 4.34. The summed E-state index contributed by atoms with van der Waals surface area (Å²) in [5.41, 5.74) is 0. The molecular weight excluding hydrogens is 230 g/mol. The molecule has 1 aromatic heterocycles. The second kappa shape index (κ2) is 6.98. The minimum Gasteiger partial charge on any atom is -0.461 e. The first-order valence-corrected chi connectivity index (χ1v) is 6.46. The Morgan fingerprint density at radius 1 is 1.06 bits per heavy atom. The summed E-state index contributed by atoms with van der Waals surface area (Å²) < 4.78 is 5.50. The van der Waals surface area contributed by atoms with Gasteiger partial charge in [-0.2, -0.15) is 15.0 Å². The molecule has 0 atom stereocenters. The molecular formula is C12H23N5O. The van der Waals surface area contributed by atoms with E-state index in [-0.39, 0.29) is 6.10 Å². The van der Waals surface area contributed by atoms with Gasteiger partial charge in [-0.3, -0.25) is 0 Å². The molecule has 1 rings (SSSR count). The van der Waals surface area contributed by atoms with Gasteiger partial charge in [0.05, 0.1) is 6.10 Å². The van der Waals surface area contributed by atoms with Gasteiger partial charge in [-0.05, 0) is 26.7 Å². The summed E-state index contributed by atoms with van der Waals surface area (Å²) >= 11 is 0. The molecule has 6 heteroatoms. The quantitative estimate of drug-likeness (QED) is 0.777. The molecule has 0 spiro atoms. The zero-order valence-corrected chi connectivity index (χ0v) is 11.8. The van der Waals surface area contributed by atoms with E-state index in [4.69, 9.17) is 4.74 Å². The number of ether oxygens (including phenoxy) is 1. The van der Waals surface area contributed by atoms with E-state index in [1.807, 2.05) is 13.8 Å². The van der Waals surface area contributed by atoms with E-state index in [1.165, 1.54) is 0 Å². The SMILES string of the molecule is CCC(CC)Nc1nc(NC)nc(OC(C)C)n1. The molecule has 1 aromatic rings. The molecule has 18 heavy (non-hydrogen) atoms. The van der Waals surface area contributed by atoms with E-state index in [0.717, 1.165) is 12.8 Å². The molecule has 2 N–H and O–H groups in total. The van der Waals surface area contributed by atoms with Gasteiger partial charge in [-0.25, -0.2) is 0 Å². The minimum atomic E-state index is 0.0399. The molecule has 0 aliphatic heterocycles. The number of aromatic nitrogens is 3. The summed E-state index contributed by atoms with van der Waals surface area (Å²) in [6, 6.07) is 0.710. The molecule has 0 aliphatic rings. The lowest BCUT2D eigenvalue weighted by atomic mass is 10.2. The van der Waals surface area contributed by atoms with Gasteiger partial charge < -0.3 is 15.4 Å². The van der Waals surface area contributed by atoms with Crippen LogP contribution in [0.3, 0.4) is 0 Å². The van der Waals surface area contributed by atoms with E-state index >= 15 is 0 Å². The van der Waals surface area contributed by atoms with E-state index in [2.05, 4.69) is 39.4 Å². The van der Waals surface area contributed by atoms with Crippen LogP contribution in [0.2, 0.25) is 0 Å². The first kappa shape index (κ1) is 14.5. The maximum atomic E-state index is 5.50. The van der Waals surface area contributed by atoms with Gasteiger partial charge in [-0.1, -0.05) is 13.8 Å². The molecule has 0 unspecified atom stereocenters. The van der Waals surface area contributed by atoms with Gasteiger partial charge in [0.15, 0.2) is 0 Å². The first-order chi connectivity index (χ1) is 8.58. The molecule has 0 saturated heterocycles. The molecule has 0 amide bonds. The summed E-state index contributed by atoms with van der Waals surface area (Å²) in [7, 11) is 1.77. The van der Waals surface area contributed by atoms with Gasteiger partial charge in [0.1, 0.15) is 0 Å². The molecule has 1 heterocycles. The van der Waals surface area contributed by atoms with Crippen molar-refractivity contribution in [3.63, 3.8) is 0 Å². The van der Waals surface area contributed by atoms with Crippen LogP contribution in [0.15, 0.2) is 0 Å². The summed E-state index contributed by atoms with van der Waals surface area (Å²) in [5, 5.41) is 6.19. The highest BCUT2D eigenvalue weighted by atomic mass is 16.5. The van der Waals surface area contributed by atoms with Crippen LogP contribution in [0.5, 0.6) is 6.01 Å². The Balaban J connectivity index is 2.89. The summed E-state index contributed by atoms with van der Waals surface area (Å²) in [6.07, 6.45) is 2.09. The zero-order chi connectivity index (χ0) is 13.5. The van der Waals surface area contributed by atoms with E-state index in [0.29, 0.717) is 23.9 Å². The average Bonchev–Trinajstić information content (AvgIpc) is 2.34. The lowest BCUT2D eigenvalue weighted by Crippen LogP contribution is -2.20. The van der Waals surface area contributed by atoms with Gasteiger partial charge in [0.25, 0.3) is 0 Å². The molecule has 0 fully saturated rings. The van der Waals surface area contributed by atoms with Crippen molar-refractivity contribution in [2.24, 2.45) is 0 Å². The maximum absolute atomic E-state index is 5.50. The van der Waals surface area contributed by atoms with Crippen molar-refractivity contribution >= 4 is 11.9 Å². The third kappa shape index (κ3) is 4.35. The summed E-state index contributed by atoms with van der Waals surface area (Å²) in [6.45, 7) is 8.15.